The van der Waals surface area contributed by atoms with Crippen molar-refractivity contribution in [1.82, 2.24) is 14.8 Å². The molecule has 0 saturated carbocycles. The number of hydrogen-bond donors (Lipinski definition) is 1. The van der Waals surface area contributed by atoms with E-state index in [0.29, 0.717) is 17.9 Å². The molecule has 0 aromatic carbocycles. The molecule has 2 rings (SSSR count). The monoisotopic (exact) mass is 249 g/mol. The molecule has 0 bridgehead atoms. The molecule has 0 amide bonds. The van der Waals surface area contributed by atoms with Crippen LogP contribution < -0.4 is 10.6 Å². The molecule has 0 unspecified atom stereocenters. The lowest BCUT2D eigenvalue weighted by molar-refractivity contribution is 0.598. The molecule has 0 aliphatic carbocycles. The summed E-state index contributed by atoms with van der Waals surface area (Å²) < 4.78 is 15.7. The molecule has 0 atom stereocenters. The highest BCUT2D eigenvalue weighted by Crippen LogP contribution is 2.19. The average Bonchev–Trinajstić information content (AvgIpc) is 2.75. The van der Waals surface area contributed by atoms with Gasteiger partial charge in [0.2, 0.25) is 0 Å². The summed E-state index contributed by atoms with van der Waals surface area (Å²) in [5.74, 6) is -0.0480. The Kier molecular flexibility index (Phi) is 3.57. The molecule has 18 heavy (non-hydrogen) atoms. The maximum absolute atomic E-state index is 14.0. The van der Waals surface area contributed by atoms with Gasteiger partial charge in [0, 0.05) is 50.7 Å². The van der Waals surface area contributed by atoms with Gasteiger partial charge in [0.05, 0.1) is 6.20 Å². The van der Waals surface area contributed by atoms with Gasteiger partial charge in [-0.25, -0.2) is 9.37 Å². The van der Waals surface area contributed by atoms with Crippen molar-refractivity contribution in [1.29, 1.82) is 0 Å². The Balaban J connectivity index is 2.21. The van der Waals surface area contributed by atoms with E-state index >= 15 is 0 Å². The van der Waals surface area contributed by atoms with Gasteiger partial charge in [-0.2, -0.15) is 5.10 Å². The number of rotatable bonds is 4. The maximum Gasteiger partial charge on any atom is 0.170 e. The minimum Gasteiger partial charge on any atom is -0.353 e. The Morgan fingerprint density at radius 2 is 2.28 bits per heavy atom. The van der Waals surface area contributed by atoms with Gasteiger partial charge in [-0.1, -0.05) is 0 Å². The predicted octanol–water partition coefficient (Wildman–Crippen LogP) is 1.05. The van der Waals surface area contributed by atoms with Crippen LogP contribution in [0.25, 0.3) is 0 Å². The van der Waals surface area contributed by atoms with Crippen LogP contribution in [0, 0.1) is 5.82 Å². The highest BCUT2D eigenvalue weighted by atomic mass is 19.1. The summed E-state index contributed by atoms with van der Waals surface area (Å²) in [7, 11) is 3.64. The lowest BCUT2D eigenvalue weighted by atomic mass is 10.2. The van der Waals surface area contributed by atoms with Crippen LogP contribution >= 0.6 is 0 Å². The van der Waals surface area contributed by atoms with E-state index in [-0.39, 0.29) is 12.4 Å². The fraction of sp³-hybridized carbons (Fsp3) is 0.333. The minimum absolute atomic E-state index is 0.169. The van der Waals surface area contributed by atoms with E-state index in [0.717, 1.165) is 5.56 Å². The van der Waals surface area contributed by atoms with E-state index in [1.165, 1.54) is 0 Å². The molecule has 6 heteroatoms. The Bertz CT molecular complexity index is 537. The molecule has 0 fully saturated rings. The first-order valence-corrected chi connectivity index (χ1v) is 5.64. The van der Waals surface area contributed by atoms with Crippen LogP contribution in [0.1, 0.15) is 11.1 Å². The Hall–Kier alpha value is -1.95. The number of halogens is 1. The molecule has 5 nitrogen and oxygen atoms in total. The maximum atomic E-state index is 14.0. The van der Waals surface area contributed by atoms with Crippen molar-refractivity contribution in [3.05, 3.63) is 41.6 Å². The largest absolute Gasteiger partial charge is 0.353 e. The summed E-state index contributed by atoms with van der Waals surface area (Å²) in [4.78, 5) is 5.80. The summed E-state index contributed by atoms with van der Waals surface area (Å²) in [5.41, 5.74) is 6.95. The first kappa shape index (κ1) is 12.5. The Labute approximate surface area is 105 Å². The number of aryl methyl sites for hydroxylation is 1. The molecule has 0 aliphatic heterocycles. The van der Waals surface area contributed by atoms with Gasteiger partial charge in [0.25, 0.3) is 0 Å². The highest BCUT2D eigenvalue weighted by molar-refractivity contribution is 5.42. The number of anilines is 1. The van der Waals surface area contributed by atoms with Gasteiger partial charge in [-0.15, -0.1) is 0 Å². The fourth-order valence-electron chi connectivity index (χ4n) is 1.80. The third-order valence-electron chi connectivity index (χ3n) is 2.71. The summed E-state index contributed by atoms with van der Waals surface area (Å²) in [6.07, 6.45) is 5.21. The second-order valence-corrected chi connectivity index (χ2v) is 4.19. The van der Waals surface area contributed by atoms with Crippen molar-refractivity contribution in [2.75, 3.05) is 11.9 Å². The first-order chi connectivity index (χ1) is 8.61. The topological polar surface area (TPSA) is 60.0 Å². The zero-order chi connectivity index (χ0) is 13.1. The lowest BCUT2D eigenvalue weighted by Gasteiger charge is -2.18. The van der Waals surface area contributed by atoms with Gasteiger partial charge in [0.1, 0.15) is 0 Å². The molecular weight excluding hydrogens is 233 g/mol. The van der Waals surface area contributed by atoms with E-state index < -0.39 is 0 Å². The second kappa shape index (κ2) is 5.14. The van der Waals surface area contributed by atoms with E-state index in [1.807, 2.05) is 13.2 Å². The standard InChI is InChI=1S/C12H16FN5/c1-17(7-9-6-16-18(2)8-9)12-11(13)10(5-14)3-4-15-12/h3-4,6,8H,5,7,14H2,1-2H3. The zero-order valence-electron chi connectivity index (χ0n) is 10.5. The lowest BCUT2D eigenvalue weighted by Crippen LogP contribution is -2.20. The van der Waals surface area contributed by atoms with Gasteiger partial charge in [-0.3, -0.25) is 4.68 Å². The van der Waals surface area contributed by atoms with Crippen molar-refractivity contribution in [3.63, 3.8) is 0 Å². The van der Waals surface area contributed by atoms with Gasteiger partial charge >= 0.3 is 0 Å². The molecule has 0 saturated heterocycles. The molecule has 2 aromatic heterocycles. The molecule has 2 N–H and O–H groups in total. The molecule has 96 valence electrons. The van der Waals surface area contributed by atoms with Gasteiger partial charge in [-0.05, 0) is 6.07 Å². The Morgan fingerprint density at radius 1 is 1.50 bits per heavy atom. The van der Waals surface area contributed by atoms with Crippen LogP contribution in [0.4, 0.5) is 10.2 Å². The van der Waals surface area contributed by atoms with Crippen LogP contribution in [0.5, 0.6) is 0 Å². The number of aromatic nitrogens is 3. The van der Waals surface area contributed by atoms with E-state index in [1.54, 1.807) is 35.1 Å². The van der Waals surface area contributed by atoms with Crippen LogP contribution in [0.15, 0.2) is 24.7 Å². The SMILES string of the molecule is CN(Cc1cnn(C)c1)c1nccc(CN)c1F. The number of pyridine rings is 1. The van der Waals surface area contributed by atoms with Crippen molar-refractivity contribution >= 4 is 5.82 Å². The highest BCUT2D eigenvalue weighted by Gasteiger charge is 2.13. The summed E-state index contributed by atoms with van der Waals surface area (Å²) >= 11 is 0. The van der Waals surface area contributed by atoms with Crippen LogP contribution in [0.2, 0.25) is 0 Å². The number of hydrogen-bond acceptors (Lipinski definition) is 4. The van der Waals surface area contributed by atoms with Crippen molar-refractivity contribution in [2.45, 2.75) is 13.1 Å². The quantitative estimate of drug-likeness (QED) is 0.880. The molecule has 2 heterocycles. The fourth-order valence-corrected chi connectivity index (χ4v) is 1.80. The van der Waals surface area contributed by atoms with E-state index in [2.05, 4.69) is 10.1 Å². The Morgan fingerprint density at radius 3 is 2.89 bits per heavy atom. The van der Waals surface area contributed by atoms with Crippen LogP contribution in [0.3, 0.4) is 0 Å². The van der Waals surface area contributed by atoms with Crippen LogP contribution in [-0.4, -0.2) is 21.8 Å². The predicted molar refractivity (Wildman–Crippen MR) is 67.4 cm³/mol. The zero-order valence-corrected chi connectivity index (χ0v) is 10.5. The van der Waals surface area contributed by atoms with Crippen molar-refractivity contribution < 1.29 is 4.39 Å². The summed E-state index contributed by atoms with van der Waals surface area (Å²) in [6, 6.07) is 1.59. The van der Waals surface area contributed by atoms with Crippen molar-refractivity contribution in [3.8, 4) is 0 Å². The van der Waals surface area contributed by atoms with Gasteiger partial charge in [0.15, 0.2) is 11.6 Å². The molecule has 0 radical (unpaired) electrons. The van der Waals surface area contributed by atoms with Crippen molar-refractivity contribution in [2.24, 2.45) is 12.8 Å². The molecule has 0 spiro atoms. The van der Waals surface area contributed by atoms with Crippen LogP contribution in [-0.2, 0) is 20.1 Å². The average molecular weight is 249 g/mol. The van der Waals surface area contributed by atoms with Gasteiger partial charge < -0.3 is 10.6 Å². The first-order valence-electron chi connectivity index (χ1n) is 5.64. The summed E-state index contributed by atoms with van der Waals surface area (Å²) in [5, 5.41) is 4.08. The van der Waals surface area contributed by atoms with E-state index in [9.17, 15) is 4.39 Å². The molecule has 2 aromatic rings. The minimum atomic E-state index is -0.355. The van der Waals surface area contributed by atoms with E-state index in [4.69, 9.17) is 5.73 Å². The third kappa shape index (κ3) is 2.48. The number of nitrogens with two attached hydrogens (primary N) is 1. The number of nitrogens with zero attached hydrogens (tertiary/aromatic N) is 4. The summed E-state index contributed by atoms with van der Waals surface area (Å²) in [6.45, 7) is 0.716. The smallest absolute Gasteiger partial charge is 0.170 e. The normalized spacial score (nSPS) is 10.7. The third-order valence-corrected chi connectivity index (χ3v) is 2.71. The molecule has 0 aliphatic rings. The second-order valence-electron chi connectivity index (χ2n) is 4.19. The molecular formula is C12H16FN5.